The second-order valence-electron chi connectivity index (χ2n) is 9.10. The van der Waals surface area contributed by atoms with Gasteiger partial charge in [-0.15, -0.1) is 0 Å². The van der Waals surface area contributed by atoms with Crippen LogP contribution in [0, 0.1) is 18.8 Å². The number of fused-ring (bicyclic) bond motifs is 2. The summed E-state index contributed by atoms with van der Waals surface area (Å²) in [6, 6.07) is 13.4. The number of benzene rings is 2. The molecule has 0 spiro atoms. The third kappa shape index (κ3) is 5.33. The van der Waals surface area contributed by atoms with Gasteiger partial charge in [-0.2, -0.15) is 0 Å². The largest absolute Gasteiger partial charge is 0.342 e. The summed E-state index contributed by atoms with van der Waals surface area (Å²) in [5.74, 6) is 5.56. The summed E-state index contributed by atoms with van der Waals surface area (Å²) >= 11 is 0. The number of nitrogens with zero attached hydrogens (tertiary/aromatic N) is 5. The Morgan fingerprint density at radius 3 is 2.62 bits per heavy atom. The SMILES string of the molecule is Cc1ncn2ccnc2c1C(=O)N[C@@H](C)c1nc2cccc(C#CCNS(C)(=O)=O)c2c(=O)n1-c1ccccc1. The summed E-state index contributed by atoms with van der Waals surface area (Å²) < 4.78 is 28.2. The van der Waals surface area contributed by atoms with E-state index in [0.29, 0.717) is 39.5 Å². The molecule has 5 rings (SSSR count). The molecule has 0 fully saturated rings. The Labute approximate surface area is 230 Å². The van der Waals surface area contributed by atoms with Crippen molar-refractivity contribution in [1.82, 2.24) is 34.0 Å². The molecule has 0 unspecified atom stereocenters. The molecule has 0 saturated heterocycles. The normalized spacial score (nSPS) is 12.2. The summed E-state index contributed by atoms with van der Waals surface area (Å²) in [7, 11) is -3.40. The predicted octanol–water partition coefficient (Wildman–Crippen LogP) is 2.13. The Morgan fingerprint density at radius 1 is 1.10 bits per heavy atom. The first kappa shape index (κ1) is 26.7. The minimum absolute atomic E-state index is 0.103. The zero-order valence-electron chi connectivity index (χ0n) is 21.9. The molecule has 1 atom stereocenters. The molecule has 0 saturated carbocycles. The summed E-state index contributed by atoms with van der Waals surface area (Å²) in [6.45, 7) is 3.38. The van der Waals surface area contributed by atoms with Gasteiger partial charge >= 0.3 is 0 Å². The number of carbonyl (C=O) groups excluding carboxylic acids is 1. The number of hydrogen-bond acceptors (Lipinski definition) is 7. The van der Waals surface area contributed by atoms with Crippen molar-refractivity contribution in [3.63, 3.8) is 0 Å². The van der Waals surface area contributed by atoms with E-state index >= 15 is 0 Å². The molecule has 0 aliphatic rings. The molecule has 2 N–H and O–H groups in total. The average Bonchev–Trinajstić information content (AvgIpc) is 3.39. The predicted molar refractivity (Wildman–Crippen MR) is 151 cm³/mol. The van der Waals surface area contributed by atoms with Gasteiger partial charge in [-0.25, -0.2) is 28.1 Å². The highest BCUT2D eigenvalue weighted by Crippen LogP contribution is 2.21. The maximum absolute atomic E-state index is 14.0. The van der Waals surface area contributed by atoms with Gasteiger partial charge in [-0.05, 0) is 38.1 Å². The number of hydrogen-bond donors (Lipinski definition) is 2. The first-order valence-corrected chi connectivity index (χ1v) is 14.2. The summed E-state index contributed by atoms with van der Waals surface area (Å²) in [4.78, 5) is 40.9. The molecule has 11 nitrogen and oxygen atoms in total. The summed E-state index contributed by atoms with van der Waals surface area (Å²) in [5, 5.41) is 3.24. The van der Waals surface area contributed by atoms with Crippen LogP contribution in [0.2, 0.25) is 0 Å². The topological polar surface area (TPSA) is 140 Å². The van der Waals surface area contributed by atoms with E-state index in [0.717, 1.165) is 6.26 Å². The number of amides is 1. The molecule has 3 aromatic heterocycles. The van der Waals surface area contributed by atoms with E-state index in [2.05, 4.69) is 31.8 Å². The molecule has 3 heterocycles. The number of aryl methyl sites for hydroxylation is 1. The molecule has 0 bridgehead atoms. The Morgan fingerprint density at radius 2 is 1.88 bits per heavy atom. The van der Waals surface area contributed by atoms with Gasteiger partial charge in [-0.1, -0.05) is 36.1 Å². The fourth-order valence-corrected chi connectivity index (χ4v) is 4.68. The summed E-state index contributed by atoms with van der Waals surface area (Å²) in [6.07, 6.45) is 5.93. The number of rotatable bonds is 6. The van der Waals surface area contributed by atoms with E-state index in [-0.39, 0.29) is 17.5 Å². The van der Waals surface area contributed by atoms with Gasteiger partial charge in [0.05, 0.1) is 41.1 Å². The fraction of sp³-hybridized carbons (Fsp3) is 0.179. The Hall–Kier alpha value is -4.86. The van der Waals surface area contributed by atoms with Gasteiger partial charge in [0.1, 0.15) is 17.7 Å². The lowest BCUT2D eigenvalue weighted by Crippen LogP contribution is -2.34. The zero-order chi connectivity index (χ0) is 28.4. The van der Waals surface area contributed by atoms with Crippen LogP contribution in [0.1, 0.15) is 40.4 Å². The van der Waals surface area contributed by atoms with E-state index in [9.17, 15) is 18.0 Å². The number of imidazole rings is 1. The maximum Gasteiger partial charge on any atom is 0.267 e. The first-order chi connectivity index (χ1) is 19.1. The van der Waals surface area contributed by atoms with Crippen molar-refractivity contribution >= 4 is 32.5 Å². The molecule has 0 radical (unpaired) electrons. The fourth-order valence-electron chi connectivity index (χ4n) is 4.35. The monoisotopic (exact) mass is 555 g/mol. The molecular weight excluding hydrogens is 530 g/mol. The van der Waals surface area contributed by atoms with Crippen molar-refractivity contribution in [2.24, 2.45) is 0 Å². The maximum atomic E-state index is 14.0. The third-order valence-corrected chi connectivity index (χ3v) is 6.84. The number of carbonyl (C=O) groups is 1. The van der Waals surface area contributed by atoms with E-state index < -0.39 is 22.0 Å². The molecule has 0 aliphatic heterocycles. The van der Waals surface area contributed by atoms with Gasteiger partial charge in [0.2, 0.25) is 10.0 Å². The van der Waals surface area contributed by atoms with Gasteiger partial charge < -0.3 is 5.32 Å². The van der Waals surface area contributed by atoms with E-state index in [1.54, 1.807) is 79.4 Å². The van der Waals surface area contributed by atoms with Crippen LogP contribution < -0.4 is 15.6 Å². The minimum atomic E-state index is -3.40. The van der Waals surface area contributed by atoms with E-state index in [4.69, 9.17) is 4.98 Å². The summed E-state index contributed by atoms with van der Waals surface area (Å²) in [5.41, 5.74) is 2.31. The highest BCUT2D eigenvalue weighted by Gasteiger charge is 2.23. The minimum Gasteiger partial charge on any atom is -0.342 e. The highest BCUT2D eigenvalue weighted by atomic mass is 32.2. The van der Waals surface area contributed by atoms with Crippen molar-refractivity contribution in [3.8, 4) is 17.5 Å². The number of aromatic nitrogens is 5. The lowest BCUT2D eigenvalue weighted by molar-refractivity contribution is 0.0938. The van der Waals surface area contributed by atoms with Crippen molar-refractivity contribution < 1.29 is 13.2 Å². The molecule has 2 aromatic carbocycles. The standard InChI is InChI=1S/C28H25N7O4S/c1-18-23(26-29-15-16-34(26)17-30-18)27(36)32-19(2)25-33-22-13-7-9-20(10-8-14-31-40(3,38)39)24(22)28(37)35(25)21-11-5-4-6-12-21/h4-7,9,11-13,15-17,19,31H,14H2,1-3H3,(H,32,36)/t19-/m0/s1. The van der Waals surface area contributed by atoms with Gasteiger partial charge in [-0.3, -0.25) is 18.6 Å². The van der Waals surface area contributed by atoms with Gasteiger partial charge in [0.25, 0.3) is 11.5 Å². The lowest BCUT2D eigenvalue weighted by Gasteiger charge is -2.20. The van der Waals surface area contributed by atoms with Crippen molar-refractivity contribution in [2.45, 2.75) is 19.9 Å². The smallest absolute Gasteiger partial charge is 0.267 e. The molecule has 202 valence electrons. The Balaban J connectivity index is 1.61. The second kappa shape index (κ2) is 10.7. The van der Waals surface area contributed by atoms with Crippen LogP contribution in [-0.4, -0.2) is 51.0 Å². The number of nitrogens with one attached hydrogen (secondary N) is 2. The van der Waals surface area contributed by atoms with Gasteiger partial charge in [0, 0.05) is 18.0 Å². The highest BCUT2D eigenvalue weighted by molar-refractivity contribution is 7.88. The van der Waals surface area contributed by atoms with E-state index in [1.807, 2.05) is 6.07 Å². The quantitative estimate of drug-likeness (QED) is 0.306. The molecule has 1 amide bonds. The van der Waals surface area contributed by atoms with Crippen LogP contribution in [0.5, 0.6) is 0 Å². The molecule has 5 aromatic rings. The molecule has 0 aliphatic carbocycles. The first-order valence-electron chi connectivity index (χ1n) is 12.3. The van der Waals surface area contributed by atoms with Crippen molar-refractivity contribution in [1.29, 1.82) is 0 Å². The van der Waals surface area contributed by atoms with Crippen molar-refractivity contribution in [2.75, 3.05) is 12.8 Å². The van der Waals surface area contributed by atoms with Crippen LogP contribution in [0.25, 0.3) is 22.2 Å². The van der Waals surface area contributed by atoms with Crippen LogP contribution in [-0.2, 0) is 10.0 Å². The average molecular weight is 556 g/mol. The van der Waals surface area contributed by atoms with Crippen LogP contribution in [0.4, 0.5) is 0 Å². The second-order valence-corrected chi connectivity index (χ2v) is 10.9. The molecule has 12 heteroatoms. The molecular formula is C28H25N7O4S. The Bertz CT molecular complexity index is 1990. The number of para-hydroxylation sites is 1. The van der Waals surface area contributed by atoms with Crippen LogP contribution >= 0.6 is 0 Å². The van der Waals surface area contributed by atoms with Crippen molar-refractivity contribution in [3.05, 3.63) is 100 Å². The van der Waals surface area contributed by atoms with Gasteiger partial charge in [0.15, 0.2) is 5.65 Å². The lowest BCUT2D eigenvalue weighted by atomic mass is 10.1. The molecule has 40 heavy (non-hydrogen) atoms. The zero-order valence-corrected chi connectivity index (χ0v) is 22.7. The third-order valence-electron chi connectivity index (χ3n) is 6.18. The van der Waals surface area contributed by atoms with Crippen LogP contribution in [0.15, 0.2) is 72.0 Å². The van der Waals surface area contributed by atoms with Crippen LogP contribution in [0.3, 0.4) is 0 Å². The van der Waals surface area contributed by atoms with E-state index in [1.165, 1.54) is 4.57 Å². The number of sulfonamides is 1. The Kier molecular flexibility index (Phi) is 7.17.